The molecule has 0 aliphatic carbocycles. The van der Waals surface area contributed by atoms with Crippen molar-refractivity contribution in [3.63, 3.8) is 0 Å². The number of nitrogens with one attached hydrogen (secondary N) is 1. The minimum Gasteiger partial charge on any atom is -0.339 e. The zero-order valence-corrected chi connectivity index (χ0v) is 18.8. The first kappa shape index (κ1) is 20.4. The van der Waals surface area contributed by atoms with Gasteiger partial charge in [-0.05, 0) is 61.9 Å². The first-order valence-corrected chi connectivity index (χ1v) is 11.7. The van der Waals surface area contributed by atoms with E-state index in [1.165, 1.54) is 28.8 Å². The average molecular weight is 464 g/mol. The summed E-state index contributed by atoms with van der Waals surface area (Å²) in [5.41, 5.74) is 3.92. The Hall–Kier alpha value is -3.49. The third-order valence-corrected chi connectivity index (χ3v) is 7.15. The van der Waals surface area contributed by atoms with E-state index in [0.717, 1.165) is 22.2 Å². The molecule has 0 spiro atoms. The predicted molar refractivity (Wildman–Crippen MR) is 124 cm³/mol. The van der Waals surface area contributed by atoms with Crippen LogP contribution in [0.4, 0.5) is 11.5 Å². The van der Waals surface area contributed by atoms with E-state index in [1.54, 1.807) is 0 Å². The Labute approximate surface area is 189 Å². The molecule has 0 saturated carbocycles. The van der Waals surface area contributed by atoms with Crippen molar-refractivity contribution in [1.82, 2.24) is 19.8 Å². The number of fused-ring (bicyclic) bond motifs is 3. The van der Waals surface area contributed by atoms with Gasteiger partial charge in [0.05, 0.1) is 10.4 Å². The summed E-state index contributed by atoms with van der Waals surface area (Å²) in [5, 5.41) is 12.5. The van der Waals surface area contributed by atoms with Gasteiger partial charge in [-0.15, -0.1) is 5.10 Å². The van der Waals surface area contributed by atoms with E-state index in [1.807, 2.05) is 50.2 Å². The van der Waals surface area contributed by atoms with Crippen LogP contribution in [0.3, 0.4) is 0 Å². The van der Waals surface area contributed by atoms with Crippen molar-refractivity contribution >= 4 is 49.5 Å². The summed E-state index contributed by atoms with van der Waals surface area (Å²) < 4.78 is 28.0. The first-order chi connectivity index (χ1) is 15.3. The molecule has 0 atom stereocenters. The Bertz CT molecular complexity index is 1590. The molecular formula is C23H18ClN5O2S. The van der Waals surface area contributed by atoms with Gasteiger partial charge in [-0.3, -0.25) is 0 Å². The van der Waals surface area contributed by atoms with Crippen LogP contribution in [-0.4, -0.2) is 28.2 Å². The molecular weight excluding hydrogens is 446 g/mol. The molecule has 160 valence electrons. The highest BCUT2D eigenvalue weighted by atomic mass is 35.5. The largest absolute Gasteiger partial charge is 0.339 e. The average Bonchev–Trinajstić information content (AvgIpc) is 3.21. The number of hydrogen-bond donors (Lipinski definition) is 1. The number of halogens is 1. The highest BCUT2D eigenvalue weighted by molar-refractivity contribution is 7.91. The van der Waals surface area contributed by atoms with E-state index in [-0.39, 0.29) is 15.6 Å². The summed E-state index contributed by atoms with van der Waals surface area (Å²) in [4.78, 5) is 4.73. The van der Waals surface area contributed by atoms with Crippen molar-refractivity contribution in [2.24, 2.45) is 0 Å². The van der Waals surface area contributed by atoms with Crippen LogP contribution in [0.1, 0.15) is 11.1 Å². The topological polar surface area (TPSA) is 89.2 Å². The lowest BCUT2D eigenvalue weighted by Gasteiger charge is -2.13. The van der Waals surface area contributed by atoms with Crippen molar-refractivity contribution in [1.29, 1.82) is 0 Å². The molecule has 2 heterocycles. The Morgan fingerprint density at radius 3 is 2.47 bits per heavy atom. The number of anilines is 2. The predicted octanol–water partition coefficient (Wildman–Crippen LogP) is 5.12. The zero-order chi connectivity index (χ0) is 22.5. The van der Waals surface area contributed by atoms with Crippen LogP contribution in [0, 0.1) is 13.8 Å². The molecule has 0 bridgehead atoms. The third kappa shape index (κ3) is 3.37. The van der Waals surface area contributed by atoms with E-state index >= 15 is 0 Å². The second-order valence-corrected chi connectivity index (χ2v) is 9.81. The van der Waals surface area contributed by atoms with Gasteiger partial charge >= 0.3 is 0 Å². The van der Waals surface area contributed by atoms with Crippen LogP contribution in [0.15, 0.2) is 76.7 Å². The molecule has 7 nitrogen and oxygen atoms in total. The molecule has 3 aromatic carbocycles. The van der Waals surface area contributed by atoms with Gasteiger partial charge in [-0.25, -0.2) is 13.4 Å². The Morgan fingerprint density at radius 2 is 1.72 bits per heavy atom. The van der Waals surface area contributed by atoms with Crippen LogP contribution >= 0.6 is 11.6 Å². The van der Waals surface area contributed by atoms with Gasteiger partial charge in [0.2, 0.25) is 14.9 Å². The number of rotatable bonds is 4. The van der Waals surface area contributed by atoms with E-state index in [0.29, 0.717) is 16.4 Å². The summed E-state index contributed by atoms with van der Waals surface area (Å²) in [5.74, 6) is 0.523. The standard InChI is InChI=1S/C23H18ClN5O2S/c1-14-7-12-19(15(2)13-14)25-21-18-5-3-4-6-20(18)29-22(26-21)23(27-28-29)32(30,31)17-10-8-16(24)9-11-17/h3-13H,1-2H3,(H,25,26). The van der Waals surface area contributed by atoms with Gasteiger partial charge in [-0.1, -0.05) is 46.6 Å². The van der Waals surface area contributed by atoms with E-state index in [4.69, 9.17) is 11.6 Å². The smallest absolute Gasteiger partial charge is 0.229 e. The quantitative estimate of drug-likeness (QED) is 0.397. The van der Waals surface area contributed by atoms with Crippen molar-refractivity contribution in [2.45, 2.75) is 23.8 Å². The molecule has 32 heavy (non-hydrogen) atoms. The molecule has 1 N–H and O–H groups in total. The van der Waals surface area contributed by atoms with E-state index in [2.05, 4.69) is 26.7 Å². The number of aryl methyl sites for hydroxylation is 2. The van der Waals surface area contributed by atoms with Crippen LogP contribution in [0.25, 0.3) is 16.6 Å². The molecule has 0 radical (unpaired) electrons. The summed E-state index contributed by atoms with van der Waals surface area (Å²) in [6.07, 6.45) is 0. The van der Waals surface area contributed by atoms with Crippen molar-refractivity contribution in [2.75, 3.05) is 5.32 Å². The number of benzene rings is 3. The van der Waals surface area contributed by atoms with Gasteiger partial charge in [0.1, 0.15) is 5.82 Å². The lowest BCUT2D eigenvalue weighted by atomic mass is 10.1. The Balaban J connectivity index is 1.74. The maximum Gasteiger partial charge on any atom is 0.229 e. The molecule has 0 fully saturated rings. The lowest BCUT2D eigenvalue weighted by molar-refractivity contribution is 0.592. The zero-order valence-electron chi connectivity index (χ0n) is 17.2. The fraction of sp³-hybridized carbons (Fsp3) is 0.0870. The van der Waals surface area contributed by atoms with Gasteiger partial charge in [0.25, 0.3) is 0 Å². The lowest BCUT2D eigenvalue weighted by Crippen LogP contribution is -2.06. The summed E-state index contributed by atoms with van der Waals surface area (Å²) >= 11 is 5.92. The molecule has 0 unspecified atom stereocenters. The van der Waals surface area contributed by atoms with Gasteiger partial charge in [-0.2, -0.15) is 4.52 Å². The maximum atomic E-state index is 13.3. The Morgan fingerprint density at radius 1 is 0.969 bits per heavy atom. The second-order valence-electron chi connectivity index (χ2n) is 7.51. The number of sulfone groups is 1. The summed E-state index contributed by atoms with van der Waals surface area (Å²) in [7, 11) is -3.95. The molecule has 0 saturated heterocycles. The van der Waals surface area contributed by atoms with Crippen LogP contribution in [0.5, 0.6) is 0 Å². The van der Waals surface area contributed by atoms with Crippen LogP contribution in [0.2, 0.25) is 5.02 Å². The van der Waals surface area contributed by atoms with Crippen molar-refractivity contribution in [3.05, 3.63) is 82.9 Å². The van der Waals surface area contributed by atoms with E-state index in [9.17, 15) is 8.42 Å². The minimum absolute atomic E-state index is 0.0724. The molecule has 0 aliphatic heterocycles. The number of aromatic nitrogens is 4. The monoisotopic (exact) mass is 463 g/mol. The summed E-state index contributed by atoms with van der Waals surface area (Å²) in [6.45, 7) is 4.04. The van der Waals surface area contributed by atoms with Gasteiger partial charge < -0.3 is 5.32 Å². The molecule has 0 aliphatic rings. The second kappa shape index (κ2) is 7.58. The fourth-order valence-electron chi connectivity index (χ4n) is 3.62. The highest BCUT2D eigenvalue weighted by Crippen LogP contribution is 2.30. The van der Waals surface area contributed by atoms with Gasteiger partial charge in [0, 0.05) is 16.1 Å². The van der Waals surface area contributed by atoms with Gasteiger partial charge in [0.15, 0.2) is 5.65 Å². The van der Waals surface area contributed by atoms with Crippen LogP contribution in [-0.2, 0) is 9.84 Å². The van der Waals surface area contributed by atoms with Crippen molar-refractivity contribution in [3.8, 4) is 0 Å². The highest BCUT2D eigenvalue weighted by Gasteiger charge is 2.27. The summed E-state index contributed by atoms with van der Waals surface area (Å²) in [6, 6.07) is 19.5. The number of nitrogens with zero attached hydrogens (tertiary/aromatic N) is 4. The maximum absolute atomic E-state index is 13.3. The molecule has 5 rings (SSSR count). The normalized spacial score (nSPS) is 11.8. The first-order valence-electron chi connectivity index (χ1n) is 9.84. The number of para-hydroxylation sites is 1. The van der Waals surface area contributed by atoms with Crippen molar-refractivity contribution < 1.29 is 8.42 Å². The number of hydrogen-bond acceptors (Lipinski definition) is 6. The molecule has 2 aromatic heterocycles. The fourth-order valence-corrected chi connectivity index (χ4v) is 4.98. The SMILES string of the molecule is Cc1ccc(Nc2nc3c(S(=O)(=O)c4ccc(Cl)cc4)nnn3c3ccccc23)c(C)c1. The minimum atomic E-state index is -3.95. The Kier molecular flexibility index (Phi) is 4.83. The van der Waals surface area contributed by atoms with E-state index < -0.39 is 9.84 Å². The molecule has 9 heteroatoms. The van der Waals surface area contributed by atoms with Crippen LogP contribution < -0.4 is 5.32 Å². The molecule has 0 amide bonds. The third-order valence-electron chi connectivity index (χ3n) is 5.24. The molecule has 5 aromatic rings.